The maximum absolute atomic E-state index is 2.73. The highest BCUT2D eigenvalue weighted by Crippen LogP contribution is 2.40. The Morgan fingerprint density at radius 1 is 0.633 bits per heavy atom. The summed E-state index contributed by atoms with van der Waals surface area (Å²) < 4.78 is 0. The summed E-state index contributed by atoms with van der Waals surface area (Å²) in [5.74, 6) is 4.96. The highest BCUT2D eigenvalue weighted by Gasteiger charge is 2.44. The summed E-state index contributed by atoms with van der Waals surface area (Å²) in [5, 5.41) is 0. The first-order valence-corrected chi connectivity index (χ1v) is 13.2. The topological polar surface area (TPSA) is 6.48 Å². The lowest BCUT2D eigenvalue weighted by Crippen LogP contribution is -2.50. The molecular weight excluding hydrogens is 364 g/mol. The van der Waals surface area contributed by atoms with E-state index in [1.54, 1.807) is 0 Å². The summed E-state index contributed by atoms with van der Waals surface area (Å²) in [5.41, 5.74) is 0.690. The summed E-state index contributed by atoms with van der Waals surface area (Å²) in [6.07, 6.45) is 2.65. The van der Waals surface area contributed by atoms with E-state index in [0.29, 0.717) is 11.1 Å². The molecule has 0 spiro atoms. The smallest absolute Gasteiger partial charge is 0.0179 e. The first-order chi connectivity index (χ1) is 13.6. The van der Waals surface area contributed by atoms with Gasteiger partial charge in [-0.25, -0.2) is 0 Å². The predicted octanol–water partition coefficient (Wildman–Crippen LogP) is 7.57. The van der Waals surface area contributed by atoms with E-state index in [4.69, 9.17) is 0 Å². The highest BCUT2D eigenvalue weighted by atomic mass is 15.3. The zero-order chi connectivity index (χ0) is 23.6. The molecule has 0 aromatic rings. The van der Waals surface area contributed by atoms with E-state index in [-0.39, 0.29) is 0 Å². The Labute approximate surface area is 191 Å². The SMILES string of the molecule is CC[C@@H]1C(C)N(C(C)(C)C(C)C)C[C@H]1C.CC[C@H]1C(C)N(C(C)(C)C(C)C)C[C@@H]1C. The van der Waals surface area contributed by atoms with E-state index in [0.717, 1.165) is 47.6 Å². The van der Waals surface area contributed by atoms with Crippen molar-refractivity contribution >= 4 is 0 Å². The van der Waals surface area contributed by atoms with Crippen LogP contribution in [-0.2, 0) is 0 Å². The second kappa shape index (κ2) is 10.7. The Morgan fingerprint density at radius 3 is 1.07 bits per heavy atom. The highest BCUT2D eigenvalue weighted by molar-refractivity contribution is 4.98. The minimum atomic E-state index is 0.345. The minimum absolute atomic E-state index is 0.345. The van der Waals surface area contributed by atoms with Crippen LogP contribution in [0, 0.1) is 35.5 Å². The quantitative estimate of drug-likeness (QED) is 0.435. The molecule has 2 fully saturated rings. The van der Waals surface area contributed by atoms with Crippen molar-refractivity contribution in [2.75, 3.05) is 13.1 Å². The first-order valence-electron chi connectivity index (χ1n) is 13.2. The normalized spacial score (nSPS) is 34.0. The van der Waals surface area contributed by atoms with E-state index in [9.17, 15) is 0 Å². The van der Waals surface area contributed by atoms with Gasteiger partial charge >= 0.3 is 0 Å². The van der Waals surface area contributed by atoms with Crippen LogP contribution in [0.25, 0.3) is 0 Å². The monoisotopic (exact) mass is 422 g/mol. The van der Waals surface area contributed by atoms with Gasteiger partial charge in [0.05, 0.1) is 0 Å². The Morgan fingerprint density at radius 2 is 0.900 bits per heavy atom. The van der Waals surface area contributed by atoms with E-state index in [2.05, 4.69) is 107 Å². The summed E-state index contributed by atoms with van der Waals surface area (Å²) in [7, 11) is 0. The molecule has 2 heteroatoms. The molecule has 30 heavy (non-hydrogen) atoms. The number of rotatable bonds is 6. The van der Waals surface area contributed by atoms with Crippen LogP contribution < -0.4 is 0 Å². The van der Waals surface area contributed by atoms with E-state index in [1.165, 1.54) is 25.9 Å². The third-order valence-corrected chi connectivity index (χ3v) is 9.90. The molecule has 2 aliphatic rings. The van der Waals surface area contributed by atoms with Gasteiger partial charge in [0, 0.05) is 36.3 Å². The number of hydrogen-bond donors (Lipinski definition) is 0. The Kier molecular flexibility index (Phi) is 9.96. The lowest BCUT2D eigenvalue weighted by Gasteiger charge is -2.42. The van der Waals surface area contributed by atoms with Crippen LogP contribution in [-0.4, -0.2) is 46.1 Å². The molecule has 0 N–H and O–H groups in total. The Balaban J connectivity index is 0.000000300. The molecule has 0 saturated carbocycles. The average molecular weight is 423 g/mol. The van der Waals surface area contributed by atoms with Crippen molar-refractivity contribution in [3.8, 4) is 0 Å². The van der Waals surface area contributed by atoms with Crippen LogP contribution in [0.3, 0.4) is 0 Å². The second-order valence-electron chi connectivity index (χ2n) is 12.5. The molecule has 0 aromatic carbocycles. The zero-order valence-electron chi connectivity index (χ0n) is 23.3. The van der Waals surface area contributed by atoms with Gasteiger partial charge in [-0.3, -0.25) is 9.80 Å². The van der Waals surface area contributed by atoms with Gasteiger partial charge in [-0.2, -0.15) is 0 Å². The van der Waals surface area contributed by atoms with Gasteiger partial charge in [0.2, 0.25) is 0 Å². The van der Waals surface area contributed by atoms with Crippen molar-refractivity contribution in [2.45, 2.75) is 133 Å². The predicted molar refractivity (Wildman–Crippen MR) is 136 cm³/mol. The van der Waals surface area contributed by atoms with Crippen LogP contribution in [0.5, 0.6) is 0 Å². The van der Waals surface area contributed by atoms with Gasteiger partial charge in [0.25, 0.3) is 0 Å². The Hall–Kier alpha value is -0.0800. The summed E-state index contributed by atoms with van der Waals surface area (Å²) in [6, 6.07) is 1.50. The van der Waals surface area contributed by atoms with Gasteiger partial charge in [-0.05, 0) is 77.0 Å². The molecule has 0 radical (unpaired) electrons. The third kappa shape index (κ3) is 5.64. The van der Waals surface area contributed by atoms with Crippen molar-refractivity contribution in [3.05, 3.63) is 0 Å². The number of hydrogen-bond acceptors (Lipinski definition) is 2. The maximum Gasteiger partial charge on any atom is 0.0179 e. The molecule has 2 saturated heterocycles. The molecule has 2 heterocycles. The van der Waals surface area contributed by atoms with Crippen molar-refractivity contribution in [1.82, 2.24) is 9.80 Å². The van der Waals surface area contributed by atoms with Crippen molar-refractivity contribution in [2.24, 2.45) is 35.5 Å². The van der Waals surface area contributed by atoms with Crippen LogP contribution in [0.1, 0.15) is 110 Å². The van der Waals surface area contributed by atoms with Gasteiger partial charge in [-0.1, -0.05) is 68.2 Å². The molecule has 0 aromatic heterocycles. The molecule has 180 valence electrons. The number of nitrogens with zero attached hydrogens (tertiary/aromatic N) is 2. The average Bonchev–Trinajstić information content (AvgIpc) is 3.10. The van der Waals surface area contributed by atoms with Crippen LogP contribution >= 0.6 is 0 Å². The molecule has 2 nitrogen and oxygen atoms in total. The molecule has 0 bridgehead atoms. The first kappa shape index (κ1) is 28.0. The van der Waals surface area contributed by atoms with E-state index < -0.39 is 0 Å². The van der Waals surface area contributed by atoms with E-state index >= 15 is 0 Å². The maximum atomic E-state index is 2.73. The molecule has 0 amide bonds. The zero-order valence-corrected chi connectivity index (χ0v) is 23.3. The minimum Gasteiger partial charge on any atom is -0.295 e. The van der Waals surface area contributed by atoms with Gasteiger partial charge in [0.1, 0.15) is 0 Å². The number of likely N-dealkylation sites (tertiary alicyclic amines) is 2. The largest absolute Gasteiger partial charge is 0.295 e. The fourth-order valence-electron chi connectivity index (χ4n) is 6.31. The molecule has 2 aliphatic heterocycles. The Bertz CT molecular complexity index is 461. The molecule has 2 unspecified atom stereocenters. The second-order valence-corrected chi connectivity index (χ2v) is 12.5. The van der Waals surface area contributed by atoms with Crippen molar-refractivity contribution in [1.29, 1.82) is 0 Å². The molecule has 2 rings (SSSR count). The van der Waals surface area contributed by atoms with E-state index in [1.807, 2.05) is 0 Å². The summed E-state index contributed by atoms with van der Waals surface area (Å²) in [6.45, 7) is 35.9. The van der Waals surface area contributed by atoms with Gasteiger partial charge < -0.3 is 0 Å². The van der Waals surface area contributed by atoms with Crippen molar-refractivity contribution in [3.63, 3.8) is 0 Å². The van der Waals surface area contributed by atoms with Crippen LogP contribution in [0.4, 0.5) is 0 Å². The van der Waals surface area contributed by atoms with Gasteiger partial charge in [-0.15, -0.1) is 0 Å². The molecule has 0 aliphatic carbocycles. The fraction of sp³-hybridized carbons (Fsp3) is 1.00. The lowest BCUT2D eigenvalue weighted by molar-refractivity contribution is 0.0606. The summed E-state index contributed by atoms with van der Waals surface area (Å²) in [4.78, 5) is 5.47. The fourth-order valence-corrected chi connectivity index (χ4v) is 6.31. The third-order valence-electron chi connectivity index (χ3n) is 9.90. The van der Waals surface area contributed by atoms with Crippen LogP contribution in [0.15, 0.2) is 0 Å². The van der Waals surface area contributed by atoms with Gasteiger partial charge in [0.15, 0.2) is 0 Å². The lowest BCUT2D eigenvalue weighted by atomic mass is 9.87. The molecular formula is C28H58N2. The van der Waals surface area contributed by atoms with Crippen molar-refractivity contribution < 1.29 is 0 Å². The standard InChI is InChI=1S/2C14H29N/c2*1-8-13-11(4)9-15(12(13)5)14(6,7)10(2)3/h2*10-13H,8-9H2,1-7H3/t2*11-,12?,13+/m10/s1. The molecule has 6 atom stereocenters. The van der Waals surface area contributed by atoms with Crippen LogP contribution in [0.2, 0.25) is 0 Å². The summed E-state index contributed by atoms with van der Waals surface area (Å²) >= 11 is 0.